The first-order chi connectivity index (χ1) is 14.6. The van der Waals surface area contributed by atoms with Crippen LogP contribution in [0.1, 0.15) is 44.0 Å². The van der Waals surface area contributed by atoms with E-state index in [4.69, 9.17) is 19.9 Å². The molecule has 1 aromatic carbocycles. The van der Waals surface area contributed by atoms with Crippen LogP contribution in [0.25, 0.3) is 0 Å². The largest absolute Gasteiger partial charge is 0.489 e. The zero-order valence-electron chi connectivity index (χ0n) is 18.1. The molecule has 3 rings (SSSR count). The van der Waals surface area contributed by atoms with E-state index in [1.165, 1.54) is 4.90 Å². The van der Waals surface area contributed by atoms with E-state index in [1.54, 1.807) is 26.8 Å². The van der Waals surface area contributed by atoms with Gasteiger partial charge in [0, 0.05) is 25.4 Å². The predicted octanol–water partition coefficient (Wildman–Crippen LogP) is 2.54. The van der Waals surface area contributed by atoms with E-state index < -0.39 is 17.8 Å². The highest BCUT2D eigenvalue weighted by atomic mass is 79.9. The fourth-order valence-electron chi connectivity index (χ4n) is 3.52. The first-order valence-electron chi connectivity index (χ1n) is 10.4. The molecule has 0 aromatic heterocycles. The highest BCUT2D eigenvalue weighted by Gasteiger charge is 2.33. The summed E-state index contributed by atoms with van der Waals surface area (Å²) in [5.41, 5.74) is 6.10. The van der Waals surface area contributed by atoms with Crippen molar-refractivity contribution in [2.45, 2.75) is 45.3 Å². The van der Waals surface area contributed by atoms with E-state index in [-0.39, 0.29) is 24.9 Å². The molecule has 31 heavy (non-hydrogen) atoms. The van der Waals surface area contributed by atoms with Crippen LogP contribution >= 0.6 is 15.9 Å². The number of nitrogens with one attached hydrogen (secondary N) is 1. The third-order valence-electron chi connectivity index (χ3n) is 5.13. The fourth-order valence-corrected chi connectivity index (χ4v) is 3.92. The number of hydrogen-bond donors (Lipinski definition) is 3. The second-order valence-electron chi connectivity index (χ2n) is 8.79. The number of carbonyl (C=O) groups excluding carboxylic acids is 2. The van der Waals surface area contributed by atoms with Gasteiger partial charge in [-0.2, -0.15) is 0 Å². The van der Waals surface area contributed by atoms with Gasteiger partial charge in [-0.3, -0.25) is 4.79 Å². The van der Waals surface area contributed by atoms with E-state index in [2.05, 4.69) is 21.2 Å². The molecule has 2 aliphatic heterocycles. The molecular formula is C21H30BrN3O6. The van der Waals surface area contributed by atoms with Crippen molar-refractivity contribution in [3.05, 3.63) is 16.1 Å². The molecule has 2 atom stereocenters. The summed E-state index contributed by atoms with van der Waals surface area (Å²) in [6.45, 7) is 7.17. The van der Waals surface area contributed by atoms with Gasteiger partial charge < -0.3 is 35.3 Å². The van der Waals surface area contributed by atoms with Crippen LogP contribution in [0.3, 0.4) is 0 Å². The average molecular weight is 500 g/mol. The summed E-state index contributed by atoms with van der Waals surface area (Å²) < 4.78 is 17.4. The van der Waals surface area contributed by atoms with Crippen molar-refractivity contribution in [2.24, 2.45) is 5.92 Å². The van der Waals surface area contributed by atoms with Gasteiger partial charge in [-0.15, -0.1) is 0 Å². The zero-order chi connectivity index (χ0) is 22.8. The summed E-state index contributed by atoms with van der Waals surface area (Å²) in [6.07, 6.45) is 0.0261. The number of rotatable bonds is 3. The standard InChI is InChI=1S/C21H30BrN3O6/c1-21(2,3)31-20(28)25-6-5-12(15(26)11-25)10-24-19(27)13-9-14(23)16(22)18-17(13)29-7-4-8-30-18/h9,12,15,26H,4-8,10-11,23H2,1-3H3,(H,24,27)/t12-,15+/m0/s1. The molecule has 1 aromatic rings. The Balaban J connectivity index is 1.62. The minimum atomic E-state index is -0.770. The molecule has 2 heterocycles. The van der Waals surface area contributed by atoms with Gasteiger partial charge in [-0.25, -0.2) is 4.79 Å². The molecule has 172 valence electrons. The van der Waals surface area contributed by atoms with E-state index >= 15 is 0 Å². The van der Waals surface area contributed by atoms with E-state index in [1.807, 2.05) is 0 Å². The molecule has 9 nitrogen and oxygen atoms in total. The molecular weight excluding hydrogens is 470 g/mol. The van der Waals surface area contributed by atoms with Crippen LogP contribution in [-0.2, 0) is 4.74 Å². The topological polar surface area (TPSA) is 123 Å². The maximum absolute atomic E-state index is 12.9. The van der Waals surface area contributed by atoms with Gasteiger partial charge in [0.2, 0.25) is 0 Å². The Labute approximate surface area is 190 Å². The van der Waals surface area contributed by atoms with Gasteiger partial charge >= 0.3 is 6.09 Å². The molecule has 4 N–H and O–H groups in total. The Bertz CT molecular complexity index is 841. The number of likely N-dealkylation sites (tertiary alicyclic amines) is 1. The smallest absolute Gasteiger partial charge is 0.410 e. The number of ether oxygens (including phenoxy) is 3. The Morgan fingerprint density at radius 1 is 1.32 bits per heavy atom. The number of nitrogens with two attached hydrogens (primary N) is 1. The maximum atomic E-state index is 12.9. The minimum absolute atomic E-state index is 0.160. The van der Waals surface area contributed by atoms with Crippen molar-refractivity contribution in [1.29, 1.82) is 0 Å². The second-order valence-corrected chi connectivity index (χ2v) is 9.58. The van der Waals surface area contributed by atoms with Crippen LogP contribution in [0.2, 0.25) is 0 Å². The number of hydrogen-bond acceptors (Lipinski definition) is 7. The van der Waals surface area contributed by atoms with Crippen molar-refractivity contribution in [3.8, 4) is 11.5 Å². The lowest BCUT2D eigenvalue weighted by Crippen LogP contribution is -2.50. The van der Waals surface area contributed by atoms with Gasteiger partial charge in [0.15, 0.2) is 11.5 Å². The lowest BCUT2D eigenvalue weighted by Gasteiger charge is -2.36. The number of fused-ring (bicyclic) bond motifs is 1. The summed E-state index contributed by atoms with van der Waals surface area (Å²) in [5.74, 6) is 0.235. The third-order valence-corrected chi connectivity index (χ3v) is 5.95. The van der Waals surface area contributed by atoms with Crippen LogP contribution in [0, 0.1) is 5.92 Å². The number of benzene rings is 1. The first-order valence-corrected chi connectivity index (χ1v) is 11.2. The first kappa shape index (κ1) is 23.5. The Hall–Kier alpha value is -2.20. The average Bonchev–Trinajstić information content (AvgIpc) is 2.94. The number of nitrogen functional groups attached to an aromatic ring is 1. The van der Waals surface area contributed by atoms with Crippen LogP contribution < -0.4 is 20.5 Å². The lowest BCUT2D eigenvalue weighted by atomic mass is 9.94. The maximum Gasteiger partial charge on any atom is 0.410 e. The Morgan fingerprint density at radius 3 is 2.65 bits per heavy atom. The molecule has 0 aliphatic carbocycles. The van der Waals surface area contributed by atoms with Gasteiger partial charge in [0.25, 0.3) is 5.91 Å². The number of halogens is 1. The van der Waals surface area contributed by atoms with Crippen molar-refractivity contribution >= 4 is 33.6 Å². The fraction of sp³-hybridized carbons (Fsp3) is 0.619. The number of piperidine rings is 1. The van der Waals surface area contributed by atoms with Crippen LogP contribution in [-0.4, -0.2) is 66.6 Å². The quantitative estimate of drug-likeness (QED) is 0.545. The number of amides is 2. The van der Waals surface area contributed by atoms with Crippen LogP contribution in [0.5, 0.6) is 11.5 Å². The number of anilines is 1. The minimum Gasteiger partial charge on any atom is -0.489 e. The van der Waals surface area contributed by atoms with Crippen molar-refractivity contribution in [3.63, 3.8) is 0 Å². The number of β-amino-alcohol motifs (C(OH)–C–C–N with tert-alkyl or cyclic N) is 1. The number of aliphatic hydroxyl groups is 1. The molecule has 0 unspecified atom stereocenters. The molecule has 0 bridgehead atoms. The molecule has 1 fully saturated rings. The number of nitrogens with zero attached hydrogens (tertiary/aromatic N) is 1. The number of carbonyl (C=O) groups is 2. The Kier molecular flexibility index (Phi) is 7.20. The molecule has 10 heteroatoms. The normalized spacial score (nSPS) is 21.3. The highest BCUT2D eigenvalue weighted by molar-refractivity contribution is 9.10. The summed E-state index contributed by atoms with van der Waals surface area (Å²) in [7, 11) is 0. The number of aliphatic hydroxyl groups excluding tert-OH is 1. The summed E-state index contributed by atoms with van der Waals surface area (Å²) in [6, 6.07) is 1.55. The monoisotopic (exact) mass is 499 g/mol. The molecule has 0 saturated carbocycles. The SMILES string of the molecule is CC(C)(C)OC(=O)N1CC[C@@H](CNC(=O)c2cc(N)c(Br)c3c2OCCCO3)[C@H](O)C1. The van der Waals surface area contributed by atoms with Gasteiger partial charge in [0.1, 0.15) is 5.60 Å². The molecule has 2 amide bonds. The highest BCUT2D eigenvalue weighted by Crippen LogP contribution is 2.43. The van der Waals surface area contributed by atoms with Crippen LogP contribution in [0.4, 0.5) is 10.5 Å². The molecule has 1 saturated heterocycles. The Morgan fingerprint density at radius 2 is 2.00 bits per heavy atom. The molecule has 0 radical (unpaired) electrons. The third kappa shape index (κ3) is 5.74. The summed E-state index contributed by atoms with van der Waals surface area (Å²) >= 11 is 3.39. The van der Waals surface area contributed by atoms with E-state index in [0.29, 0.717) is 59.8 Å². The van der Waals surface area contributed by atoms with Crippen molar-refractivity contribution in [2.75, 3.05) is 38.6 Å². The zero-order valence-corrected chi connectivity index (χ0v) is 19.7. The van der Waals surface area contributed by atoms with E-state index in [0.717, 1.165) is 0 Å². The second kappa shape index (κ2) is 9.52. The van der Waals surface area contributed by atoms with Crippen molar-refractivity contribution in [1.82, 2.24) is 10.2 Å². The molecule has 2 aliphatic rings. The summed E-state index contributed by atoms with van der Waals surface area (Å²) in [5, 5.41) is 13.4. The summed E-state index contributed by atoms with van der Waals surface area (Å²) in [4.78, 5) is 26.6. The molecule has 0 spiro atoms. The van der Waals surface area contributed by atoms with Crippen LogP contribution in [0.15, 0.2) is 10.5 Å². The van der Waals surface area contributed by atoms with Gasteiger partial charge in [-0.1, -0.05) is 0 Å². The predicted molar refractivity (Wildman–Crippen MR) is 118 cm³/mol. The van der Waals surface area contributed by atoms with Crippen molar-refractivity contribution < 1.29 is 28.9 Å². The van der Waals surface area contributed by atoms with E-state index in [9.17, 15) is 14.7 Å². The van der Waals surface area contributed by atoms with Gasteiger partial charge in [0.05, 0.1) is 41.6 Å². The lowest BCUT2D eigenvalue weighted by molar-refractivity contribution is -0.0122. The van der Waals surface area contributed by atoms with Gasteiger partial charge in [-0.05, 0) is 49.2 Å².